The lowest BCUT2D eigenvalue weighted by Gasteiger charge is -2.04. The predicted molar refractivity (Wildman–Crippen MR) is 85.8 cm³/mol. The van der Waals surface area contributed by atoms with Crippen molar-refractivity contribution < 1.29 is 4.79 Å². The molecule has 0 spiro atoms. The number of halogens is 2. The van der Waals surface area contributed by atoms with Crippen molar-refractivity contribution in [3.05, 3.63) is 70.5 Å². The van der Waals surface area contributed by atoms with Crippen molar-refractivity contribution in [3.8, 4) is 5.69 Å². The van der Waals surface area contributed by atoms with Gasteiger partial charge < -0.3 is 5.32 Å². The monoisotopic (exact) mass is 332 g/mol. The number of amides is 1. The summed E-state index contributed by atoms with van der Waals surface area (Å²) < 4.78 is 1.53. The first-order valence-electron chi connectivity index (χ1n) is 6.37. The lowest BCUT2D eigenvalue weighted by molar-refractivity contribution is 0.102. The molecular weight excluding hydrogens is 323 g/mol. The van der Waals surface area contributed by atoms with Gasteiger partial charge in [-0.3, -0.25) is 4.79 Å². The predicted octanol–water partition coefficient (Wildman–Crippen LogP) is 3.83. The molecule has 0 aliphatic rings. The van der Waals surface area contributed by atoms with Crippen LogP contribution in [0, 0.1) is 0 Å². The van der Waals surface area contributed by atoms with E-state index < -0.39 is 0 Å². The van der Waals surface area contributed by atoms with Crippen LogP contribution in [0.5, 0.6) is 0 Å². The molecule has 22 heavy (non-hydrogen) atoms. The molecular formula is C15H10Cl2N4O. The Morgan fingerprint density at radius 2 is 1.82 bits per heavy atom. The summed E-state index contributed by atoms with van der Waals surface area (Å²) in [5.74, 6) is -0.374. The second-order valence-electron chi connectivity index (χ2n) is 4.47. The first-order valence-corrected chi connectivity index (χ1v) is 7.13. The van der Waals surface area contributed by atoms with Gasteiger partial charge in [0.15, 0.2) is 5.69 Å². The molecule has 0 saturated heterocycles. The number of rotatable bonds is 3. The Morgan fingerprint density at radius 1 is 1.05 bits per heavy atom. The smallest absolute Gasteiger partial charge is 0.277 e. The molecule has 2 aromatic carbocycles. The Balaban J connectivity index is 1.78. The van der Waals surface area contributed by atoms with E-state index in [0.717, 1.165) is 5.69 Å². The molecule has 0 fully saturated rings. The van der Waals surface area contributed by atoms with Crippen molar-refractivity contribution in [1.29, 1.82) is 0 Å². The number of benzene rings is 2. The van der Waals surface area contributed by atoms with Gasteiger partial charge in [-0.1, -0.05) is 46.6 Å². The Morgan fingerprint density at radius 3 is 2.55 bits per heavy atom. The number of anilines is 1. The lowest BCUT2D eigenvalue weighted by Crippen LogP contribution is -2.12. The number of nitrogens with zero attached hydrogens (tertiary/aromatic N) is 3. The molecule has 1 amide bonds. The Kier molecular flexibility index (Phi) is 4.09. The van der Waals surface area contributed by atoms with Gasteiger partial charge in [0, 0.05) is 5.69 Å². The summed E-state index contributed by atoms with van der Waals surface area (Å²) >= 11 is 11.7. The van der Waals surface area contributed by atoms with E-state index >= 15 is 0 Å². The summed E-state index contributed by atoms with van der Waals surface area (Å²) in [5, 5.41) is 11.3. The third-order valence-electron chi connectivity index (χ3n) is 2.92. The maximum atomic E-state index is 12.2. The highest BCUT2D eigenvalue weighted by molar-refractivity contribution is 6.42. The van der Waals surface area contributed by atoms with Gasteiger partial charge in [-0.25, -0.2) is 4.68 Å². The van der Waals surface area contributed by atoms with Gasteiger partial charge in [-0.2, -0.15) is 0 Å². The first kappa shape index (κ1) is 14.6. The van der Waals surface area contributed by atoms with E-state index in [2.05, 4.69) is 15.6 Å². The lowest BCUT2D eigenvalue weighted by atomic mass is 10.3. The van der Waals surface area contributed by atoms with Crippen molar-refractivity contribution in [2.75, 3.05) is 5.32 Å². The van der Waals surface area contributed by atoms with Crippen molar-refractivity contribution in [1.82, 2.24) is 15.0 Å². The van der Waals surface area contributed by atoms with Gasteiger partial charge in [-0.15, -0.1) is 5.10 Å². The van der Waals surface area contributed by atoms with Gasteiger partial charge in [0.2, 0.25) is 0 Å². The third-order valence-corrected chi connectivity index (χ3v) is 3.66. The molecule has 0 bridgehead atoms. The number of aromatic nitrogens is 3. The molecule has 0 aliphatic heterocycles. The molecule has 3 rings (SSSR count). The number of hydrogen-bond donors (Lipinski definition) is 1. The zero-order valence-corrected chi connectivity index (χ0v) is 12.7. The normalized spacial score (nSPS) is 10.5. The molecule has 0 saturated carbocycles. The average Bonchev–Trinajstić information content (AvgIpc) is 3.02. The molecule has 0 radical (unpaired) electrons. The van der Waals surface area contributed by atoms with Gasteiger partial charge in [0.25, 0.3) is 5.91 Å². The van der Waals surface area contributed by atoms with Gasteiger partial charge in [0.05, 0.1) is 21.9 Å². The van der Waals surface area contributed by atoms with Crippen molar-refractivity contribution in [3.63, 3.8) is 0 Å². The quantitative estimate of drug-likeness (QED) is 0.792. The van der Waals surface area contributed by atoms with Crippen molar-refractivity contribution >= 4 is 34.8 Å². The van der Waals surface area contributed by atoms with Crippen LogP contribution in [-0.4, -0.2) is 20.9 Å². The number of para-hydroxylation sites is 1. The molecule has 0 atom stereocenters. The maximum Gasteiger partial charge on any atom is 0.277 e. The summed E-state index contributed by atoms with van der Waals surface area (Å²) in [6.07, 6.45) is 1.56. The molecule has 5 nitrogen and oxygen atoms in total. The highest BCUT2D eigenvalue weighted by atomic mass is 35.5. The van der Waals surface area contributed by atoms with E-state index in [1.54, 1.807) is 24.4 Å². The van der Waals surface area contributed by atoms with Crippen molar-refractivity contribution in [2.24, 2.45) is 0 Å². The van der Waals surface area contributed by atoms with Crippen LogP contribution in [0.1, 0.15) is 10.5 Å². The molecule has 3 aromatic rings. The van der Waals surface area contributed by atoms with Crippen LogP contribution in [0.4, 0.5) is 5.69 Å². The van der Waals surface area contributed by atoms with E-state index in [4.69, 9.17) is 23.2 Å². The number of hydrogen-bond acceptors (Lipinski definition) is 3. The highest BCUT2D eigenvalue weighted by Gasteiger charge is 2.12. The Bertz CT molecular complexity index is 817. The van der Waals surface area contributed by atoms with E-state index in [0.29, 0.717) is 15.7 Å². The zero-order valence-electron chi connectivity index (χ0n) is 11.2. The minimum atomic E-state index is -0.374. The van der Waals surface area contributed by atoms with Crippen LogP contribution in [0.15, 0.2) is 54.7 Å². The van der Waals surface area contributed by atoms with Gasteiger partial charge in [0.1, 0.15) is 0 Å². The SMILES string of the molecule is O=C(Nc1ccc(Cl)c(Cl)c1)c1cn(-c2ccccc2)nn1. The van der Waals surface area contributed by atoms with Crippen LogP contribution in [0.3, 0.4) is 0 Å². The Labute approximate surface area is 136 Å². The molecule has 1 N–H and O–H groups in total. The van der Waals surface area contributed by atoms with Crippen molar-refractivity contribution in [2.45, 2.75) is 0 Å². The Hall–Kier alpha value is -2.37. The average molecular weight is 333 g/mol. The minimum Gasteiger partial charge on any atom is -0.320 e. The minimum absolute atomic E-state index is 0.204. The van der Waals surface area contributed by atoms with Crippen LogP contribution in [0.2, 0.25) is 10.0 Å². The summed E-state index contributed by atoms with van der Waals surface area (Å²) in [7, 11) is 0. The summed E-state index contributed by atoms with van der Waals surface area (Å²) in [6.45, 7) is 0. The fourth-order valence-corrected chi connectivity index (χ4v) is 2.14. The van der Waals surface area contributed by atoms with E-state index in [-0.39, 0.29) is 11.6 Å². The molecule has 0 aliphatic carbocycles. The van der Waals surface area contributed by atoms with Crippen LogP contribution >= 0.6 is 23.2 Å². The summed E-state index contributed by atoms with van der Waals surface area (Å²) in [4.78, 5) is 12.2. The van der Waals surface area contributed by atoms with Crippen LogP contribution in [-0.2, 0) is 0 Å². The van der Waals surface area contributed by atoms with Crippen LogP contribution in [0.25, 0.3) is 5.69 Å². The number of carbonyl (C=O) groups excluding carboxylic acids is 1. The largest absolute Gasteiger partial charge is 0.320 e. The molecule has 110 valence electrons. The standard InChI is InChI=1S/C15H10Cl2N4O/c16-12-7-6-10(8-13(12)17)18-15(22)14-9-21(20-19-14)11-4-2-1-3-5-11/h1-9H,(H,18,22). The second-order valence-corrected chi connectivity index (χ2v) is 5.28. The topological polar surface area (TPSA) is 59.8 Å². The molecule has 1 aromatic heterocycles. The summed E-state index contributed by atoms with van der Waals surface area (Å²) in [6, 6.07) is 14.2. The fraction of sp³-hybridized carbons (Fsp3) is 0. The zero-order chi connectivity index (χ0) is 15.5. The maximum absolute atomic E-state index is 12.2. The first-order chi connectivity index (χ1) is 10.6. The third kappa shape index (κ3) is 3.10. The summed E-state index contributed by atoms with van der Waals surface area (Å²) in [5.41, 5.74) is 1.56. The highest BCUT2D eigenvalue weighted by Crippen LogP contribution is 2.25. The van der Waals surface area contributed by atoms with E-state index in [1.807, 2.05) is 30.3 Å². The van der Waals surface area contributed by atoms with Gasteiger partial charge in [-0.05, 0) is 30.3 Å². The molecule has 0 unspecified atom stereocenters. The van der Waals surface area contributed by atoms with Gasteiger partial charge >= 0.3 is 0 Å². The van der Waals surface area contributed by atoms with E-state index in [9.17, 15) is 4.79 Å². The fourth-order valence-electron chi connectivity index (χ4n) is 1.84. The molecule has 1 heterocycles. The van der Waals surface area contributed by atoms with E-state index in [1.165, 1.54) is 4.68 Å². The number of nitrogens with one attached hydrogen (secondary N) is 1. The van der Waals surface area contributed by atoms with Crippen LogP contribution < -0.4 is 5.32 Å². The number of carbonyl (C=O) groups is 1. The second kappa shape index (κ2) is 6.17. The molecule has 7 heteroatoms.